The summed E-state index contributed by atoms with van der Waals surface area (Å²) in [6.45, 7) is 0.506. The lowest BCUT2D eigenvalue weighted by atomic mass is 10.2. The van der Waals surface area contributed by atoms with Crippen LogP contribution in [-0.2, 0) is 19.3 Å². The van der Waals surface area contributed by atoms with Gasteiger partial charge >= 0.3 is 6.18 Å². The first-order chi connectivity index (χ1) is 9.90. The average Bonchev–Trinajstić information content (AvgIpc) is 2.85. The third kappa shape index (κ3) is 4.18. The van der Waals surface area contributed by atoms with E-state index in [1.165, 1.54) is 16.8 Å². The predicted molar refractivity (Wildman–Crippen MR) is 73.6 cm³/mol. The van der Waals surface area contributed by atoms with Crippen molar-refractivity contribution in [2.24, 2.45) is 0 Å². The van der Waals surface area contributed by atoms with Gasteiger partial charge in [-0.25, -0.2) is 4.68 Å². The molecule has 0 atom stereocenters. The van der Waals surface area contributed by atoms with Crippen LogP contribution in [0.15, 0.2) is 28.9 Å². The molecule has 1 aromatic heterocycles. The van der Waals surface area contributed by atoms with Gasteiger partial charge in [-0.2, -0.15) is 13.2 Å². The summed E-state index contributed by atoms with van der Waals surface area (Å²) >= 11 is 2.89. The van der Waals surface area contributed by atoms with Crippen molar-refractivity contribution in [3.05, 3.63) is 40.1 Å². The molecular formula is C12H12BrF3N4O. The van der Waals surface area contributed by atoms with E-state index in [2.05, 4.69) is 31.6 Å². The third-order valence-electron chi connectivity index (χ3n) is 2.66. The van der Waals surface area contributed by atoms with E-state index in [0.29, 0.717) is 17.9 Å². The van der Waals surface area contributed by atoms with Crippen LogP contribution in [0.3, 0.4) is 0 Å². The van der Waals surface area contributed by atoms with E-state index in [4.69, 9.17) is 5.11 Å². The summed E-state index contributed by atoms with van der Waals surface area (Å²) in [5.41, 5.74) is 0.165. The summed E-state index contributed by atoms with van der Waals surface area (Å²) in [5, 5.41) is 19.2. The largest absolute Gasteiger partial charge is 0.417 e. The molecule has 0 spiro atoms. The Bertz CT molecular complexity index is 615. The van der Waals surface area contributed by atoms with Crippen molar-refractivity contribution >= 4 is 21.6 Å². The highest BCUT2D eigenvalue weighted by atomic mass is 79.9. The number of benzene rings is 1. The summed E-state index contributed by atoms with van der Waals surface area (Å²) in [7, 11) is 0. The Kier molecular flexibility index (Phi) is 4.84. The molecule has 2 rings (SSSR count). The molecule has 9 heteroatoms. The minimum atomic E-state index is -4.42. The fourth-order valence-corrected chi connectivity index (χ4v) is 2.15. The number of alkyl halides is 3. The van der Waals surface area contributed by atoms with E-state index in [0.717, 1.165) is 6.07 Å². The van der Waals surface area contributed by atoms with Crippen LogP contribution in [0.5, 0.6) is 0 Å². The van der Waals surface area contributed by atoms with Gasteiger partial charge in [0, 0.05) is 10.2 Å². The van der Waals surface area contributed by atoms with Gasteiger partial charge in [0.1, 0.15) is 5.69 Å². The maximum absolute atomic E-state index is 12.8. The topological polar surface area (TPSA) is 63.0 Å². The van der Waals surface area contributed by atoms with Crippen molar-refractivity contribution in [1.29, 1.82) is 0 Å². The van der Waals surface area contributed by atoms with Gasteiger partial charge in [0.15, 0.2) is 0 Å². The highest BCUT2D eigenvalue weighted by molar-refractivity contribution is 9.10. The van der Waals surface area contributed by atoms with Crippen LogP contribution in [0.4, 0.5) is 18.9 Å². The molecule has 0 aliphatic carbocycles. The van der Waals surface area contributed by atoms with Crippen molar-refractivity contribution in [1.82, 2.24) is 15.0 Å². The van der Waals surface area contributed by atoms with Gasteiger partial charge < -0.3 is 10.4 Å². The lowest BCUT2D eigenvalue weighted by Gasteiger charge is -2.11. The van der Waals surface area contributed by atoms with Gasteiger partial charge in [-0.15, -0.1) is 5.10 Å². The summed E-state index contributed by atoms with van der Waals surface area (Å²) in [4.78, 5) is 0. The maximum Gasteiger partial charge on any atom is 0.417 e. The molecule has 2 aromatic rings. The Labute approximate surface area is 126 Å². The number of halogens is 4. The average molecular weight is 365 g/mol. The summed E-state index contributed by atoms with van der Waals surface area (Å²) in [5.74, 6) is 0. The molecule has 0 radical (unpaired) electrons. The number of aliphatic hydroxyl groups excluding tert-OH is 1. The first kappa shape index (κ1) is 15.8. The number of anilines is 1. The first-order valence-electron chi connectivity index (χ1n) is 6.00. The smallest absolute Gasteiger partial charge is 0.394 e. The summed E-state index contributed by atoms with van der Waals surface area (Å²) < 4.78 is 39.8. The number of aromatic nitrogens is 3. The van der Waals surface area contributed by atoms with Gasteiger partial charge in [-0.3, -0.25) is 0 Å². The molecule has 0 fully saturated rings. The molecule has 114 valence electrons. The summed E-state index contributed by atoms with van der Waals surface area (Å²) in [6.07, 6.45) is -2.80. The second-order valence-corrected chi connectivity index (χ2v) is 5.10. The van der Waals surface area contributed by atoms with Crippen LogP contribution in [-0.4, -0.2) is 26.7 Å². The van der Waals surface area contributed by atoms with Gasteiger partial charge in [-0.05, 0) is 18.2 Å². The Morgan fingerprint density at radius 2 is 2.10 bits per heavy atom. The molecule has 0 aliphatic rings. The zero-order chi connectivity index (χ0) is 15.5. The third-order valence-corrected chi connectivity index (χ3v) is 3.35. The standard InChI is InChI=1S/C12H12BrF3N4O/c13-11-2-1-8(5-10(11)12(14,15)16)17-6-9-7-20(3-4-21)19-18-9/h1-2,5,7,17,21H,3-4,6H2. The molecular weight excluding hydrogens is 353 g/mol. The molecule has 0 unspecified atom stereocenters. The minimum Gasteiger partial charge on any atom is -0.394 e. The molecule has 0 bridgehead atoms. The number of hydrogen-bond acceptors (Lipinski definition) is 4. The van der Waals surface area contributed by atoms with E-state index >= 15 is 0 Å². The normalized spacial score (nSPS) is 11.7. The quantitative estimate of drug-likeness (QED) is 0.855. The van der Waals surface area contributed by atoms with Gasteiger partial charge in [0.05, 0.1) is 31.5 Å². The lowest BCUT2D eigenvalue weighted by Crippen LogP contribution is -2.08. The lowest BCUT2D eigenvalue weighted by molar-refractivity contribution is -0.138. The van der Waals surface area contributed by atoms with Gasteiger partial charge in [0.2, 0.25) is 0 Å². The second kappa shape index (κ2) is 6.44. The van der Waals surface area contributed by atoms with Crippen LogP contribution in [0.2, 0.25) is 0 Å². The number of hydrogen-bond donors (Lipinski definition) is 2. The van der Waals surface area contributed by atoms with Crippen LogP contribution in [0.25, 0.3) is 0 Å². The van der Waals surface area contributed by atoms with E-state index in [1.54, 1.807) is 6.20 Å². The Morgan fingerprint density at radius 1 is 1.33 bits per heavy atom. The fourth-order valence-electron chi connectivity index (χ4n) is 1.68. The molecule has 1 aromatic carbocycles. The fraction of sp³-hybridized carbons (Fsp3) is 0.333. The highest BCUT2D eigenvalue weighted by Gasteiger charge is 2.33. The van der Waals surface area contributed by atoms with Crippen molar-refractivity contribution in [3.8, 4) is 0 Å². The molecule has 2 N–H and O–H groups in total. The number of aliphatic hydroxyl groups is 1. The molecule has 21 heavy (non-hydrogen) atoms. The summed E-state index contributed by atoms with van der Waals surface area (Å²) in [6, 6.07) is 3.91. The Balaban J connectivity index is 2.06. The Hall–Kier alpha value is -1.61. The maximum atomic E-state index is 12.8. The van der Waals surface area contributed by atoms with Crippen LogP contribution < -0.4 is 5.32 Å². The van der Waals surface area contributed by atoms with Crippen LogP contribution >= 0.6 is 15.9 Å². The molecule has 0 saturated heterocycles. The highest BCUT2D eigenvalue weighted by Crippen LogP contribution is 2.36. The monoisotopic (exact) mass is 364 g/mol. The van der Waals surface area contributed by atoms with Crippen molar-refractivity contribution in [2.45, 2.75) is 19.3 Å². The minimum absolute atomic E-state index is 0.00515. The molecule has 5 nitrogen and oxygen atoms in total. The molecule has 1 heterocycles. The van der Waals surface area contributed by atoms with Gasteiger partial charge in [0.25, 0.3) is 0 Å². The predicted octanol–water partition coefficient (Wildman–Crippen LogP) is 2.66. The Morgan fingerprint density at radius 3 is 2.76 bits per heavy atom. The number of nitrogens with one attached hydrogen (secondary N) is 1. The van der Waals surface area contributed by atoms with E-state index in [9.17, 15) is 13.2 Å². The van der Waals surface area contributed by atoms with E-state index in [-0.39, 0.29) is 17.6 Å². The van der Waals surface area contributed by atoms with E-state index < -0.39 is 11.7 Å². The van der Waals surface area contributed by atoms with Crippen molar-refractivity contribution in [3.63, 3.8) is 0 Å². The van der Waals surface area contributed by atoms with Crippen LogP contribution in [0, 0.1) is 0 Å². The SMILES string of the molecule is OCCn1cc(CNc2ccc(Br)c(C(F)(F)F)c2)nn1. The molecule has 0 amide bonds. The van der Waals surface area contributed by atoms with E-state index in [1.807, 2.05) is 0 Å². The first-order valence-corrected chi connectivity index (χ1v) is 6.80. The van der Waals surface area contributed by atoms with Crippen molar-refractivity contribution < 1.29 is 18.3 Å². The van der Waals surface area contributed by atoms with Crippen molar-refractivity contribution in [2.75, 3.05) is 11.9 Å². The number of nitrogens with zero attached hydrogens (tertiary/aromatic N) is 3. The van der Waals surface area contributed by atoms with Crippen LogP contribution in [0.1, 0.15) is 11.3 Å². The molecule has 0 aliphatic heterocycles. The molecule has 0 saturated carbocycles. The second-order valence-electron chi connectivity index (χ2n) is 4.24. The zero-order valence-corrected chi connectivity index (χ0v) is 12.3. The number of rotatable bonds is 5. The zero-order valence-electron chi connectivity index (χ0n) is 10.7. The van der Waals surface area contributed by atoms with Gasteiger partial charge in [-0.1, -0.05) is 21.1 Å².